The van der Waals surface area contributed by atoms with Crippen molar-refractivity contribution in [1.29, 1.82) is 0 Å². The number of thiophene rings is 1. The van der Waals surface area contributed by atoms with Gasteiger partial charge < -0.3 is 19.7 Å². The normalized spacial score (nSPS) is 17.6. The Balaban J connectivity index is 2.00. The van der Waals surface area contributed by atoms with Crippen LogP contribution in [0.5, 0.6) is 0 Å². The molecule has 0 bridgehead atoms. The van der Waals surface area contributed by atoms with Crippen molar-refractivity contribution in [2.75, 3.05) is 46.5 Å². The molecule has 7 heteroatoms. The molecule has 122 valence electrons. The topological polar surface area (TPSA) is 67.9 Å². The van der Waals surface area contributed by atoms with Crippen molar-refractivity contribution < 1.29 is 19.1 Å². The molecule has 2 heterocycles. The van der Waals surface area contributed by atoms with E-state index < -0.39 is 5.97 Å². The lowest BCUT2D eigenvalue weighted by Crippen LogP contribution is -2.35. The Labute approximate surface area is 134 Å². The number of hydrogen-bond acceptors (Lipinski definition) is 6. The zero-order valence-corrected chi connectivity index (χ0v) is 13.6. The van der Waals surface area contributed by atoms with Crippen molar-refractivity contribution in [3.8, 4) is 0 Å². The molecule has 1 amide bonds. The van der Waals surface area contributed by atoms with E-state index in [-0.39, 0.29) is 5.91 Å². The van der Waals surface area contributed by atoms with Gasteiger partial charge in [0.1, 0.15) is 4.88 Å². The van der Waals surface area contributed by atoms with Crippen molar-refractivity contribution in [2.24, 2.45) is 0 Å². The van der Waals surface area contributed by atoms with E-state index in [9.17, 15) is 9.59 Å². The third-order valence-electron chi connectivity index (χ3n) is 3.42. The fraction of sp³-hybridized carbons (Fsp3) is 0.600. The van der Waals surface area contributed by atoms with Gasteiger partial charge in [-0.1, -0.05) is 0 Å². The van der Waals surface area contributed by atoms with Crippen molar-refractivity contribution in [3.63, 3.8) is 0 Å². The lowest BCUT2D eigenvalue weighted by Gasteiger charge is -2.21. The molecule has 0 saturated carbocycles. The Morgan fingerprint density at radius 1 is 1.18 bits per heavy atom. The minimum absolute atomic E-state index is 0.0528. The molecule has 0 spiro atoms. The van der Waals surface area contributed by atoms with Crippen LogP contribution >= 0.6 is 11.3 Å². The molecule has 22 heavy (non-hydrogen) atoms. The maximum absolute atomic E-state index is 12.6. The summed E-state index contributed by atoms with van der Waals surface area (Å²) in [5.74, 6) is -0.461. The summed E-state index contributed by atoms with van der Waals surface area (Å²) in [7, 11) is 1.33. The molecule has 1 N–H and O–H groups in total. The number of carbonyl (C=O) groups is 2. The number of hydrogen-bond donors (Lipinski definition) is 1. The van der Waals surface area contributed by atoms with E-state index in [2.05, 4.69) is 10.1 Å². The molecule has 1 aliphatic heterocycles. The maximum atomic E-state index is 12.6. The van der Waals surface area contributed by atoms with Crippen LogP contribution in [0.25, 0.3) is 0 Å². The van der Waals surface area contributed by atoms with Gasteiger partial charge in [0.05, 0.1) is 18.6 Å². The van der Waals surface area contributed by atoms with Gasteiger partial charge in [-0.15, -0.1) is 11.3 Å². The van der Waals surface area contributed by atoms with Gasteiger partial charge in [0, 0.05) is 19.7 Å². The summed E-state index contributed by atoms with van der Waals surface area (Å²) < 4.78 is 10.2. The molecule has 1 aliphatic rings. The summed E-state index contributed by atoms with van der Waals surface area (Å²) in [6, 6.07) is 3.32. The van der Waals surface area contributed by atoms with Gasteiger partial charge in [-0.2, -0.15) is 0 Å². The number of carbonyl (C=O) groups excluding carboxylic acids is 2. The summed E-state index contributed by atoms with van der Waals surface area (Å²) in [5.41, 5.74) is 0. The Kier molecular flexibility index (Phi) is 6.82. The van der Waals surface area contributed by atoms with E-state index in [0.29, 0.717) is 36.1 Å². The first-order chi connectivity index (χ1) is 10.7. The number of rotatable bonds is 2. The molecule has 0 aliphatic carbocycles. The summed E-state index contributed by atoms with van der Waals surface area (Å²) in [4.78, 5) is 26.9. The lowest BCUT2D eigenvalue weighted by atomic mass is 10.3. The first kappa shape index (κ1) is 16.9. The number of ether oxygens (including phenoxy) is 2. The summed E-state index contributed by atoms with van der Waals surface area (Å²) in [5, 5.41) is 3.33. The molecular weight excluding hydrogens is 304 g/mol. The predicted molar refractivity (Wildman–Crippen MR) is 84.5 cm³/mol. The van der Waals surface area contributed by atoms with Crippen LogP contribution in [0.1, 0.15) is 32.2 Å². The minimum Gasteiger partial charge on any atom is -0.465 e. The fourth-order valence-corrected chi connectivity index (χ4v) is 3.12. The molecule has 0 radical (unpaired) electrons. The van der Waals surface area contributed by atoms with Gasteiger partial charge >= 0.3 is 5.97 Å². The Morgan fingerprint density at radius 2 is 1.95 bits per heavy atom. The van der Waals surface area contributed by atoms with Gasteiger partial charge in [0.25, 0.3) is 5.91 Å². The Hall–Kier alpha value is -1.44. The fourth-order valence-electron chi connectivity index (χ4n) is 2.23. The zero-order chi connectivity index (χ0) is 15.8. The van der Waals surface area contributed by atoms with E-state index in [4.69, 9.17) is 4.74 Å². The highest BCUT2D eigenvalue weighted by atomic mass is 32.1. The number of amides is 1. The van der Waals surface area contributed by atoms with Crippen LogP contribution in [0.15, 0.2) is 12.1 Å². The van der Waals surface area contributed by atoms with Crippen molar-refractivity contribution in [1.82, 2.24) is 10.2 Å². The highest BCUT2D eigenvalue weighted by molar-refractivity contribution is 7.15. The first-order valence-corrected chi connectivity index (χ1v) is 8.30. The Morgan fingerprint density at radius 3 is 2.77 bits per heavy atom. The van der Waals surface area contributed by atoms with Crippen LogP contribution < -0.4 is 5.32 Å². The van der Waals surface area contributed by atoms with Crippen molar-refractivity contribution in [2.45, 2.75) is 12.8 Å². The summed E-state index contributed by atoms with van der Waals surface area (Å²) in [6.45, 7) is 4.34. The second kappa shape index (κ2) is 8.87. The monoisotopic (exact) mass is 326 g/mol. The second-order valence-corrected chi connectivity index (χ2v) is 6.10. The first-order valence-electron chi connectivity index (χ1n) is 7.48. The molecule has 1 saturated heterocycles. The highest BCUT2D eigenvalue weighted by Crippen LogP contribution is 2.19. The van der Waals surface area contributed by atoms with Crippen LogP contribution in [0.2, 0.25) is 0 Å². The average Bonchev–Trinajstić information content (AvgIpc) is 3.00. The predicted octanol–water partition coefficient (Wildman–Crippen LogP) is 1.38. The molecule has 0 aromatic carbocycles. The molecule has 0 atom stereocenters. The van der Waals surface area contributed by atoms with Crippen LogP contribution in [0, 0.1) is 0 Å². The number of nitrogens with one attached hydrogen (secondary N) is 1. The smallest absolute Gasteiger partial charge is 0.348 e. The molecule has 1 aromatic rings. The molecule has 6 nitrogen and oxygen atoms in total. The number of esters is 1. The van der Waals surface area contributed by atoms with E-state index in [1.54, 1.807) is 17.0 Å². The summed E-state index contributed by atoms with van der Waals surface area (Å²) >= 11 is 1.17. The van der Waals surface area contributed by atoms with E-state index in [1.165, 1.54) is 18.4 Å². The maximum Gasteiger partial charge on any atom is 0.348 e. The van der Waals surface area contributed by atoms with Crippen LogP contribution in [-0.2, 0) is 9.47 Å². The molecular formula is C15H22N2O4S. The van der Waals surface area contributed by atoms with Crippen molar-refractivity contribution >= 4 is 23.2 Å². The van der Waals surface area contributed by atoms with E-state index in [0.717, 1.165) is 25.9 Å². The van der Waals surface area contributed by atoms with Gasteiger partial charge in [-0.3, -0.25) is 4.79 Å². The number of methoxy groups -OCH3 is 1. The second-order valence-electron chi connectivity index (χ2n) is 5.02. The minimum atomic E-state index is -0.408. The third kappa shape index (κ3) is 4.79. The number of nitrogens with zero attached hydrogens (tertiary/aromatic N) is 1. The Bertz CT molecular complexity index is 491. The van der Waals surface area contributed by atoms with Crippen LogP contribution in [-0.4, -0.2) is 63.3 Å². The molecule has 0 unspecified atom stereocenters. The van der Waals surface area contributed by atoms with Crippen LogP contribution in [0.4, 0.5) is 0 Å². The summed E-state index contributed by atoms with van der Waals surface area (Å²) in [6.07, 6.45) is 1.89. The van der Waals surface area contributed by atoms with Gasteiger partial charge in [-0.05, 0) is 38.1 Å². The van der Waals surface area contributed by atoms with Gasteiger partial charge in [0.15, 0.2) is 0 Å². The quantitative estimate of drug-likeness (QED) is 0.832. The molecule has 2 rings (SSSR count). The molecule has 1 fully saturated rings. The van der Waals surface area contributed by atoms with Crippen molar-refractivity contribution in [3.05, 3.63) is 21.9 Å². The average molecular weight is 326 g/mol. The lowest BCUT2D eigenvalue weighted by molar-refractivity contribution is 0.0606. The van der Waals surface area contributed by atoms with E-state index >= 15 is 0 Å². The third-order valence-corrected chi connectivity index (χ3v) is 4.47. The van der Waals surface area contributed by atoms with Gasteiger partial charge in [0.2, 0.25) is 0 Å². The highest BCUT2D eigenvalue weighted by Gasteiger charge is 2.19. The SMILES string of the molecule is COC(=O)c1ccc(C(=O)N2CCCNCCCOCC2)s1. The molecule has 1 aromatic heterocycles. The zero-order valence-electron chi connectivity index (χ0n) is 12.8. The van der Waals surface area contributed by atoms with E-state index in [1.807, 2.05) is 0 Å². The largest absolute Gasteiger partial charge is 0.465 e. The van der Waals surface area contributed by atoms with Crippen LogP contribution in [0.3, 0.4) is 0 Å². The standard InChI is InChI=1S/C15H22N2O4S/c1-20-15(19)13-5-4-12(22-13)14(18)17-8-2-6-16-7-3-10-21-11-9-17/h4-5,16H,2-3,6-11H2,1H3. The van der Waals surface area contributed by atoms with Gasteiger partial charge in [-0.25, -0.2) is 4.79 Å².